The molecule has 0 unspecified atom stereocenters. The molecule has 0 amide bonds. The number of aromatic nitrogens is 3. The molecule has 2 heterocycles. The maximum Gasteiger partial charge on any atom is 0.355 e. The fourth-order valence-electron chi connectivity index (χ4n) is 1.24. The molecule has 92 valence electrons. The molecule has 0 aliphatic rings. The normalized spacial score (nSPS) is 10.2. The Morgan fingerprint density at radius 1 is 1.28 bits per heavy atom. The van der Waals surface area contributed by atoms with Crippen LogP contribution in [-0.4, -0.2) is 26.0 Å². The summed E-state index contributed by atoms with van der Waals surface area (Å²) >= 11 is 1.05. The summed E-state index contributed by atoms with van der Waals surface area (Å²) in [6, 6.07) is 4.67. The number of nitrogens with two attached hydrogens (primary N) is 2. The fraction of sp³-hybridized carbons (Fsp3) is 0. The molecule has 0 saturated carbocycles. The van der Waals surface area contributed by atoms with Gasteiger partial charge in [0, 0.05) is 17.2 Å². The first-order valence-corrected chi connectivity index (χ1v) is 5.64. The topological polar surface area (TPSA) is 128 Å². The van der Waals surface area contributed by atoms with E-state index >= 15 is 0 Å². The first-order chi connectivity index (χ1) is 8.56. The van der Waals surface area contributed by atoms with Crippen LogP contribution in [-0.2, 0) is 0 Å². The highest BCUT2D eigenvalue weighted by atomic mass is 32.2. The number of hydrogen-bond acceptors (Lipinski definition) is 7. The van der Waals surface area contributed by atoms with Crippen molar-refractivity contribution in [2.24, 2.45) is 0 Å². The van der Waals surface area contributed by atoms with Crippen LogP contribution in [0, 0.1) is 0 Å². The van der Waals surface area contributed by atoms with Crippen LogP contribution >= 0.6 is 11.8 Å². The standard InChI is InChI=1S/C10H9N5O2S/c11-6-4-7(12)15-10(14-6)18-5-2-1-3-13-8(5)9(16)17/h1-4H,(H,16,17)(H4,11,12,14,15). The third kappa shape index (κ3) is 2.66. The number of carbonyl (C=O) groups is 1. The van der Waals surface area contributed by atoms with Crippen LogP contribution in [0.1, 0.15) is 10.5 Å². The zero-order valence-electron chi connectivity index (χ0n) is 9.07. The zero-order valence-corrected chi connectivity index (χ0v) is 9.89. The molecular formula is C10H9N5O2S. The molecule has 0 radical (unpaired) electrons. The van der Waals surface area contributed by atoms with Crippen molar-refractivity contribution in [3.63, 3.8) is 0 Å². The quantitative estimate of drug-likeness (QED) is 0.696. The van der Waals surface area contributed by atoms with Crippen molar-refractivity contribution in [2.45, 2.75) is 10.1 Å². The molecular weight excluding hydrogens is 254 g/mol. The van der Waals surface area contributed by atoms with Gasteiger partial charge in [0.05, 0.1) is 0 Å². The summed E-state index contributed by atoms with van der Waals surface area (Å²) in [6.07, 6.45) is 1.40. The Morgan fingerprint density at radius 3 is 2.56 bits per heavy atom. The molecule has 0 aliphatic heterocycles. The van der Waals surface area contributed by atoms with Gasteiger partial charge in [-0.05, 0) is 23.9 Å². The number of rotatable bonds is 3. The lowest BCUT2D eigenvalue weighted by Gasteiger charge is -2.04. The van der Waals surface area contributed by atoms with E-state index in [2.05, 4.69) is 15.0 Å². The van der Waals surface area contributed by atoms with E-state index < -0.39 is 5.97 Å². The number of hydrogen-bond donors (Lipinski definition) is 3. The Labute approximate surface area is 106 Å². The van der Waals surface area contributed by atoms with Crippen molar-refractivity contribution < 1.29 is 9.90 Å². The van der Waals surface area contributed by atoms with E-state index in [-0.39, 0.29) is 22.5 Å². The second-order valence-corrected chi connectivity index (χ2v) is 4.27. The number of aromatic carboxylic acids is 1. The predicted octanol–water partition coefficient (Wildman–Crippen LogP) is 0.885. The van der Waals surface area contributed by atoms with Crippen LogP contribution in [0.2, 0.25) is 0 Å². The third-order valence-electron chi connectivity index (χ3n) is 1.92. The third-order valence-corrected chi connectivity index (χ3v) is 2.83. The van der Waals surface area contributed by atoms with Crippen molar-refractivity contribution in [3.05, 3.63) is 30.1 Å². The molecule has 0 saturated heterocycles. The molecule has 2 aromatic rings. The van der Waals surface area contributed by atoms with Gasteiger partial charge in [-0.2, -0.15) is 0 Å². The van der Waals surface area contributed by atoms with Gasteiger partial charge in [-0.3, -0.25) is 0 Å². The molecule has 8 heteroatoms. The molecule has 18 heavy (non-hydrogen) atoms. The lowest BCUT2D eigenvalue weighted by molar-refractivity contribution is 0.0686. The van der Waals surface area contributed by atoms with E-state index in [1.54, 1.807) is 12.1 Å². The van der Waals surface area contributed by atoms with Gasteiger partial charge in [0.1, 0.15) is 11.6 Å². The molecule has 0 spiro atoms. The lowest BCUT2D eigenvalue weighted by atomic mass is 10.3. The number of nitrogen functional groups attached to an aromatic ring is 2. The van der Waals surface area contributed by atoms with Crippen molar-refractivity contribution in [1.82, 2.24) is 15.0 Å². The van der Waals surface area contributed by atoms with E-state index in [0.717, 1.165) is 11.8 Å². The van der Waals surface area contributed by atoms with Gasteiger partial charge >= 0.3 is 5.97 Å². The summed E-state index contributed by atoms with van der Waals surface area (Å²) in [4.78, 5) is 23.1. The molecule has 5 N–H and O–H groups in total. The highest BCUT2D eigenvalue weighted by molar-refractivity contribution is 7.99. The average Bonchev–Trinajstić information content (AvgIpc) is 2.27. The fourth-order valence-corrected chi connectivity index (χ4v) is 2.12. The Kier molecular flexibility index (Phi) is 3.28. The van der Waals surface area contributed by atoms with E-state index in [4.69, 9.17) is 16.6 Å². The van der Waals surface area contributed by atoms with Gasteiger partial charge < -0.3 is 16.6 Å². The summed E-state index contributed by atoms with van der Waals surface area (Å²) in [5.41, 5.74) is 11.0. The van der Waals surface area contributed by atoms with Gasteiger partial charge in [-0.15, -0.1) is 0 Å². The van der Waals surface area contributed by atoms with E-state index in [1.165, 1.54) is 12.3 Å². The average molecular weight is 263 g/mol. The highest BCUT2D eigenvalue weighted by Gasteiger charge is 2.13. The minimum Gasteiger partial charge on any atom is -0.476 e. The SMILES string of the molecule is Nc1cc(N)nc(Sc2cccnc2C(=O)O)n1. The second kappa shape index (κ2) is 4.88. The van der Waals surface area contributed by atoms with Gasteiger partial charge in [0.15, 0.2) is 10.9 Å². The van der Waals surface area contributed by atoms with Crippen molar-refractivity contribution in [2.75, 3.05) is 11.5 Å². The maximum atomic E-state index is 11.0. The second-order valence-electron chi connectivity index (χ2n) is 3.26. The lowest BCUT2D eigenvalue weighted by Crippen LogP contribution is -2.03. The highest BCUT2D eigenvalue weighted by Crippen LogP contribution is 2.27. The largest absolute Gasteiger partial charge is 0.476 e. The summed E-state index contributed by atoms with van der Waals surface area (Å²) in [5.74, 6) is -0.661. The maximum absolute atomic E-state index is 11.0. The van der Waals surface area contributed by atoms with Gasteiger partial charge in [0.2, 0.25) is 0 Å². The number of nitrogens with zero attached hydrogens (tertiary/aromatic N) is 3. The summed E-state index contributed by atoms with van der Waals surface area (Å²) in [7, 11) is 0. The van der Waals surface area contributed by atoms with Crippen LogP contribution in [0.4, 0.5) is 11.6 Å². The first kappa shape index (κ1) is 12.1. The van der Waals surface area contributed by atoms with E-state index in [1.807, 2.05) is 0 Å². The van der Waals surface area contributed by atoms with Gasteiger partial charge in [-0.25, -0.2) is 19.7 Å². The Morgan fingerprint density at radius 2 is 1.94 bits per heavy atom. The molecule has 0 atom stereocenters. The van der Waals surface area contributed by atoms with Crippen molar-refractivity contribution >= 4 is 29.4 Å². The monoisotopic (exact) mass is 263 g/mol. The summed E-state index contributed by atoms with van der Waals surface area (Å²) in [6.45, 7) is 0. The number of carboxylic acid groups (broad SMARTS) is 1. The smallest absolute Gasteiger partial charge is 0.355 e. The zero-order chi connectivity index (χ0) is 13.1. The summed E-state index contributed by atoms with van der Waals surface area (Å²) in [5, 5.41) is 9.27. The molecule has 0 aromatic carbocycles. The Hall–Kier alpha value is -2.35. The number of carboxylic acids is 1. The van der Waals surface area contributed by atoms with Crippen molar-refractivity contribution in [1.29, 1.82) is 0 Å². The minimum atomic E-state index is -1.12. The Bertz CT molecular complexity index is 584. The molecule has 2 aromatic heterocycles. The van der Waals surface area contributed by atoms with Gasteiger partial charge in [0.25, 0.3) is 0 Å². The molecule has 2 rings (SSSR count). The van der Waals surface area contributed by atoms with Crippen molar-refractivity contribution in [3.8, 4) is 0 Å². The van der Waals surface area contributed by atoms with E-state index in [9.17, 15) is 4.79 Å². The predicted molar refractivity (Wildman–Crippen MR) is 66.2 cm³/mol. The van der Waals surface area contributed by atoms with Crippen LogP contribution in [0.25, 0.3) is 0 Å². The van der Waals surface area contributed by atoms with Crippen LogP contribution in [0.15, 0.2) is 34.4 Å². The Balaban J connectivity index is 2.37. The van der Waals surface area contributed by atoms with Crippen LogP contribution < -0.4 is 11.5 Å². The van der Waals surface area contributed by atoms with Crippen LogP contribution in [0.3, 0.4) is 0 Å². The number of anilines is 2. The molecule has 0 aliphatic carbocycles. The number of pyridine rings is 1. The first-order valence-electron chi connectivity index (χ1n) is 4.82. The summed E-state index contributed by atoms with van der Waals surface area (Å²) < 4.78 is 0. The molecule has 0 fully saturated rings. The van der Waals surface area contributed by atoms with Crippen LogP contribution in [0.5, 0.6) is 0 Å². The molecule has 0 bridgehead atoms. The minimum absolute atomic E-state index is 0.0629. The van der Waals surface area contributed by atoms with E-state index in [0.29, 0.717) is 4.90 Å². The molecule has 7 nitrogen and oxygen atoms in total. The van der Waals surface area contributed by atoms with Gasteiger partial charge in [-0.1, -0.05) is 0 Å².